The fraction of sp³-hybridized carbons (Fsp3) is 0.552. The summed E-state index contributed by atoms with van der Waals surface area (Å²) in [6, 6.07) is 4.84. The van der Waals surface area contributed by atoms with E-state index in [2.05, 4.69) is 6.08 Å². The number of benzene rings is 1. The summed E-state index contributed by atoms with van der Waals surface area (Å²) in [5.41, 5.74) is 1.56. The molecule has 7 nitrogen and oxygen atoms in total. The summed E-state index contributed by atoms with van der Waals surface area (Å²) in [5, 5.41) is 9.65. The van der Waals surface area contributed by atoms with Gasteiger partial charge in [0.05, 0.1) is 27.3 Å². The van der Waals surface area contributed by atoms with Gasteiger partial charge in [-0.05, 0) is 38.3 Å². The number of nitrogens with zero attached hydrogens (tertiary/aromatic N) is 3. The summed E-state index contributed by atoms with van der Waals surface area (Å²) in [7, 11) is 1.78. The molecule has 38 heavy (non-hydrogen) atoms. The van der Waals surface area contributed by atoms with Crippen molar-refractivity contribution in [3.8, 4) is 0 Å². The van der Waals surface area contributed by atoms with Crippen molar-refractivity contribution in [2.24, 2.45) is 11.8 Å². The van der Waals surface area contributed by atoms with Crippen LogP contribution in [0.25, 0.3) is 0 Å². The molecule has 1 N–H and O–H groups in total. The molecule has 5 rings (SSSR count). The number of unbranched alkanes of at least 4 members (excludes halogenated alkanes) is 3. The van der Waals surface area contributed by atoms with Crippen molar-refractivity contribution in [3.05, 3.63) is 53.1 Å². The highest BCUT2D eigenvalue weighted by Gasteiger charge is 2.73. The molecule has 4 aliphatic heterocycles. The number of anilines is 1. The van der Waals surface area contributed by atoms with Crippen LogP contribution in [0.2, 0.25) is 5.02 Å². The number of hydrogen-bond acceptors (Lipinski definition) is 5. The van der Waals surface area contributed by atoms with Crippen molar-refractivity contribution in [3.63, 3.8) is 0 Å². The third kappa shape index (κ3) is 4.20. The van der Waals surface area contributed by atoms with E-state index in [1.54, 1.807) is 39.6 Å². The van der Waals surface area contributed by atoms with Crippen LogP contribution < -0.4 is 4.90 Å². The quantitative estimate of drug-likeness (QED) is 0.407. The highest BCUT2D eigenvalue weighted by atomic mass is 35.5. The third-order valence-corrected chi connectivity index (χ3v) is 10.6. The normalized spacial score (nSPS) is 32.4. The molecule has 0 bridgehead atoms. The predicted octanol–water partition coefficient (Wildman–Crippen LogP) is 3.82. The van der Waals surface area contributed by atoms with Crippen molar-refractivity contribution in [1.82, 2.24) is 9.80 Å². The van der Waals surface area contributed by atoms with E-state index < -0.39 is 27.4 Å². The molecular formula is C29H36ClN3O4S. The van der Waals surface area contributed by atoms with Crippen LogP contribution in [0.1, 0.15) is 38.2 Å². The lowest BCUT2D eigenvalue weighted by Crippen LogP contribution is -2.53. The minimum Gasteiger partial charge on any atom is -0.396 e. The van der Waals surface area contributed by atoms with Gasteiger partial charge in [-0.1, -0.05) is 60.9 Å². The second-order valence-corrected chi connectivity index (χ2v) is 13.2. The molecular weight excluding hydrogens is 522 g/mol. The van der Waals surface area contributed by atoms with Crippen LogP contribution in [-0.2, 0) is 14.4 Å². The first kappa shape index (κ1) is 27.3. The fourth-order valence-corrected chi connectivity index (χ4v) is 9.28. The first-order valence-corrected chi connectivity index (χ1v) is 14.6. The Kier molecular flexibility index (Phi) is 7.44. The van der Waals surface area contributed by atoms with E-state index in [1.807, 2.05) is 44.2 Å². The SMILES string of the molecule is Cc1cccc(Cl)c1N1CC=C[C@]23S[C@]4(C)C=CCN(C)C(=O)[C@@H]4[C@H]2C(=O)N(CCCCCCO)C3C1=O. The molecule has 1 aromatic carbocycles. The van der Waals surface area contributed by atoms with E-state index in [-0.39, 0.29) is 24.3 Å². The van der Waals surface area contributed by atoms with Gasteiger partial charge in [-0.2, -0.15) is 0 Å². The zero-order chi connectivity index (χ0) is 27.2. The minimum atomic E-state index is -0.860. The topological polar surface area (TPSA) is 81.2 Å². The average Bonchev–Trinajstić information content (AvgIpc) is 3.14. The number of carbonyl (C=O) groups is 3. The maximum absolute atomic E-state index is 14.6. The monoisotopic (exact) mass is 557 g/mol. The van der Waals surface area contributed by atoms with Gasteiger partial charge in [-0.25, -0.2) is 0 Å². The lowest BCUT2D eigenvalue weighted by Gasteiger charge is -2.37. The van der Waals surface area contributed by atoms with Crippen LogP contribution in [0.5, 0.6) is 0 Å². The summed E-state index contributed by atoms with van der Waals surface area (Å²) >= 11 is 8.22. The van der Waals surface area contributed by atoms with E-state index >= 15 is 0 Å². The van der Waals surface area contributed by atoms with Crippen molar-refractivity contribution in [1.29, 1.82) is 0 Å². The Bertz CT molecular complexity index is 1180. The molecule has 2 fully saturated rings. The van der Waals surface area contributed by atoms with Crippen LogP contribution in [-0.4, -0.2) is 81.5 Å². The van der Waals surface area contributed by atoms with E-state index in [1.165, 1.54) is 0 Å². The third-order valence-electron chi connectivity index (χ3n) is 8.52. The molecule has 4 heterocycles. The van der Waals surface area contributed by atoms with Crippen molar-refractivity contribution >= 4 is 46.8 Å². The van der Waals surface area contributed by atoms with Crippen LogP contribution in [0.15, 0.2) is 42.5 Å². The number of likely N-dealkylation sites (N-methyl/N-ethyl adjacent to an activating group) is 1. The van der Waals surface area contributed by atoms with Gasteiger partial charge >= 0.3 is 0 Å². The molecule has 4 aliphatic rings. The van der Waals surface area contributed by atoms with Crippen molar-refractivity contribution in [2.45, 2.75) is 55.1 Å². The van der Waals surface area contributed by atoms with Gasteiger partial charge in [0, 0.05) is 38.0 Å². The predicted molar refractivity (Wildman–Crippen MR) is 151 cm³/mol. The van der Waals surface area contributed by atoms with Crippen molar-refractivity contribution < 1.29 is 19.5 Å². The summed E-state index contributed by atoms with van der Waals surface area (Å²) < 4.78 is -1.46. The molecule has 0 aliphatic carbocycles. The molecule has 1 spiro atoms. The number of amides is 3. The molecule has 3 amide bonds. The Morgan fingerprint density at radius 3 is 2.47 bits per heavy atom. The van der Waals surface area contributed by atoms with E-state index in [0.717, 1.165) is 24.8 Å². The van der Waals surface area contributed by atoms with Gasteiger partial charge in [0.15, 0.2) is 0 Å². The second kappa shape index (κ2) is 10.4. The van der Waals surface area contributed by atoms with E-state index in [9.17, 15) is 14.4 Å². The molecule has 9 heteroatoms. The molecule has 2 saturated heterocycles. The number of likely N-dealkylation sites (tertiary alicyclic amines) is 1. The fourth-order valence-electron chi connectivity index (χ4n) is 6.80. The van der Waals surface area contributed by atoms with Gasteiger partial charge in [-0.15, -0.1) is 11.8 Å². The van der Waals surface area contributed by atoms with Crippen LogP contribution in [0.3, 0.4) is 0 Å². The number of aliphatic hydroxyl groups excluding tert-OH is 1. The summed E-state index contributed by atoms with van der Waals surface area (Å²) in [6.07, 6.45) is 11.3. The number of fused-ring (bicyclic) bond motifs is 2. The second-order valence-electron chi connectivity index (χ2n) is 11.0. The van der Waals surface area contributed by atoms with Gasteiger partial charge in [0.1, 0.15) is 6.04 Å². The number of thioether (sulfide) groups is 1. The number of para-hydroxylation sites is 1. The van der Waals surface area contributed by atoms with Crippen LogP contribution >= 0.6 is 23.4 Å². The van der Waals surface area contributed by atoms with Crippen molar-refractivity contribution in [2.75, 3.05) is 38.2 Å². The summed E-state index contributed by atoms with van der Waals surface area (Å²) in [5.74, 6) is -1.52. The largest absolute Gasteiger partial charge is 0.396 e. The zero-order valence-corrected chi connectivity index (χ0v) is 23.8. The number of rotatable bonds is 7. The van der Waals surface area contributed by atoms with Gasteiger partial charge < -0.3 is 19.8 Å². The van der Waals surface area contributed by atoms with Crippen LogP contribution in [0.4, 0.5) is 5.69 Å². The standard InChI is InChI=1S/C29H36ClN3O4S/c1-19-11-8-12-20(30)23(19)32-17-10-14-29-22(21-25(35)31(3)15-9-13-28(21,2)38-29)26(36)33(24(29)27(32)37)16-6-4-5-7-18-34/h8-14,21-22,24,34H,4-7,15-18H2,1-3H3/t21-,22-,24?,28+,29-/m0/s1. The van der Waals surface area contributed by atoms with Gasteiger partial charge in [0.2, 0.25) is 11.8 Å². The number of aryl methyl sites for hydroxylation is 1. The average molecular weight is 558 g/mol. The van der Waals surface area contributed by atoms with Gasteiger partial charge in [-0.3, -0.25) is 14.4 Å². The Morgan fingerprint density at radius 2 is 1.74 bits per heavy atom. The lowest BCUT2D eigenvalue weighted by molar-refractivity contribution is -0.143. The Labute approximate surface area is 233 Å². The lowest BCUT2D eigenvalue weighted by atomic mass is 9.74. The van der Waals surface area contributed by atoms with E-state index in [4.69, 9.17) is 16.7 Å². The first-order chi connectivity index (χ1) is 18.2. The molecule has 0 saturated carbocycles. The molecule has 1 unspecified atom stereocenters. The number of halogens is 1. The summed E-state index contributed by atoms with van der Waals surface area (Å²) in [4.78, 5) is 47.7. The van der Waals surface area contributed by atoms with Crippen LogP contribution in [0, 0.1) is 18.8 Å². The number of hydrogen-bond donors (Lipinski definition) is 1. The molecule has 204 valence electrons. The Morgan fingerprint density at radius 1 is 1.00 bits per heavy atom. The first-order valence-electron chi connectivity index (χ1n) is 13.4. The molecule has 1 aromatic rings. The highest BCUT2D eigenvalue weighted by Crippen LogP contribution is 2.65. The highest BCUT2D eigenvalue weighted by molar-refractivity contribution is 8.02. The number of carbonyl (C=O) groups excluding carboxylic acids is 3. The Hall–Kier alpha value is -2.29. The minimum absolute atomic E-state index is 0.0485. The summed E-state index contributed by atoms with van der Waals surface area (Å²) in [6.45, 7) is 5.40. The molecule has 0 aromatic heterocycles. The zero-order valence-electron chi connectivity index (χ0n) is 22.2. The van der Waals surface area contributed by atoms with E-state index in [0.29, 0.717) is 36.8 Å². The van der Waals surface area contributed by atoms with Gasteiger partial charge in [0.25, 0.3) is 5.91 Å². The molecule has 5 atom stereocenters. The molecule has 0 radical (unpaired) electrons. The number of aliphatic hydroxyl groups is 1. The maximum atomic E-state index is 14.6. The maximum Gasteiger partial charge on any atom is 0.251 e. The Balaban J connectivity index is 1.60. The smallest absolute Gasteiger partial charge is 0.251 e.